The van der Waals surface area contributed by atoms with Crippen LogP contribution >= 0.6 is 0 Å². The number of benzene rings is 2. The zero-order chi connectivity index (χ0) is 21.1. The number of carboxylic acids is 1. The monoisotopic (exact) mass is 396 g/mol. The Morgan fingerprint density at radius 3 is 2.10 bits per heavy atom. The topological polar surface area (TPSA) is 74.2 Å². The molecular formula is C23H24O6. The average molecular weight is 396 g/mol. The number of hydrogen-bond donors (Lipinski definition) is 1. The third-order valence-corrected chi connectivity index (χ3v) is 5.02. The van der Waals surface area contributed by atoms with Crippen LogP contribution in [0.4, 0.5) is 0 Å². The van der Waals surface area contributed by atoms with E-state index < -0.39 is 5.97 Å². The third-order valence-electron chi connectivity index (χ3n) is 5.02. The molecule has 0 unspecified atom stereocenters. The standard InChI is InChI=1S/C23H24O6/c1-13-17(8-14-9-20(27-3)23(29-5)21(10-14)28-4)16-7-6-15(26-2)11-19(16)18(13)12-22(24)25/h6-11H,12H2,1-5H3,(H,24,25). The van der Waals surface area contributed by atoms with Crippen LogP contribution in [0, 0.1) is 0 Å². The van der Waals surface area contributed by atoms with E-state index in [4.69, 9.17) is 18.9 Å². The summed E-state index contributed by atoms with van der Waals surface area (Å²) in [5.74, 6) is 1.45. The number of ether oxygens (including phenoxy) is 4. The van der Waals surface area contributed by atoms with Gasteiger partial charge in [-0.05, 0) is 70.7 Å². The van der Waals surface area contributed by atoms with Crippen LogP contribution in [0.15, 0.2) is 35.9 Å². The molecule has 0 bridgehead atoms. The van der Waals surface area contributed by atoms with E-state index in [0.29, 0.717) is 23.0 Å². The summed E-state index contributed by atoms with van der Waals surface area (Å²) in [6, 6.07) is 9.43. The van der Waals surface area contributed by atoms with Crippen LogP contribution in [-0.2, 0) is 4.79 Å². The Morgan fingerprint density at radius 1 is 0.931 bits per heavy atom. The van der Waals surface area contributed by atoms with Gasteiger partial charge in [-0.25, -0.2) is 0 Å². The van der Waals surface area contributed by atoms with Gasteiger partial charge in [0.1, 0.15) is 5.75 Å². The lowest BCUT2D eigenvalue weighted by Gasteiger charge is -2.13. The normalized spacial score (nSPS) is 14.0. The quantitative estimate of drug-likeness (QED) is 0.742. The minimum Gasteiger partial charge on any atom is -0.497 e. The molecule has 29 heavy (non-hydrogen) atoms. The molecular weight excluding hydrogens is 372 g/mol. The van der Waals surface area contributed by atoms with Gasteiger partial charge in [-0.3, -0.25) is 4.79 Å². The number of fused-ring (bicyclic) bond motifs is 1. The summed E-state index contributed by atoms with van der Waals surface area (Å²) < 4.78 is 21.6. The maximum absolute atomic E-state index is 11.4. The molecule has 0 heterocycles. The molecule has 6 heteroatoms. The van der Waals surface area contributed by atoms with Crippen molar-refractivity contribution in [3.8, 4) is 23.0 Å². The van der Waals surface area contributed by atoms with Crippen LogP contribution in [0.3, 0.4) is 0 Å². The molecule has 6 nitrogen and oxygen atoms in total. The first kappa shape index (κ1) is 20.3. The van der Waals surface area contributed by atoms with Gasteiger partial charge in [0.15, 0.2) is 11.5 Å². The van der Waals surface area contributed by atoms with Crippen LogP contribution in [0.2, 0.25) is 0 Å². The molecule has 3 rings (SSSR count). The van der Waals surface area contributed by atoms with E-state index in [1.165, 1.54) is 0 Å². The minimum absolute atomic E-state index is 0.0569. The molecule has 0 aliphatic heterocycles. The van der Waals surface area contributed by atoms with Crippen molar-refractivity contribution in [3.05, 3.63) is 52.6 Å². The Balaban J connectivity index is 2.19. The first-order valence-electron chi connectivity index (χ1n) is 9.05. The number of methoxy groups -OCH3 is 4. The largest absolute Gasteiger partial charge is 0.497 e. The molecule has 0 spiro atoms. The van der Waals surface area contributed by atoms with E-state index in [1.807, 2.05) is 43.3 Å². The second-order valence-electron chi connectivity index (χ2n) is 6.60. The fourth-order valence-electron chi connectivity index (χ4n) is 3.62. The van der Waals surface area contributed by atoms with Crippen molar-refractivity contribution in [2.24, 2.45) is 0 Å². The number of rotatable bonds is 7. The Bertz CT molecular complexity index is 991. The lowest BCUT2D eigenvalue weighted by molar-refractivity contribution is -0.135. The Morgan fingerprint density at radius 2 is 1.59 bits per heavy atom. The molecule has 2 aromatic rings. The van der Waals surface area contributed by atoms with Crippen molar-refractivity contribution in [1.82, 2.24) is 0 Å². The second-order valence-corrected chi connectivity index (χ2v) is 6.60. The second kappa shape index (κ2) is 8.31. The molecule has 0 radical (unpaired) electrons. The highest BCUT2D eigenvalue weighted by Crippen LogP contribution is 2.46. The van der Waals surface area contributed by atoms with Crippen LogP contribution in [0.5, 0.6) is 23.0 Å². The SMILES string of the molecule is COc1ccc2c(c1)C(CC(=O)O)=C(C)C2=Cc1cc(OC)c(OC)c(OC)c1. The van der Waals surface area contributed by atoms with Crippen molar-refractivity contribution in [2.75, 3.05) is 28.4 Å². The van der Waals surface area contributed by atoms with E-state index in [-0.39, 0.29) is 6.42 Å². The molecule has 1 N–H and O–H groups in total. The maximum atomic E-state index is 11.4. The zero-order valence-corrected chi connectivity index (χ0v) is 17.2. The minimum atomic E-state index is -0.873. The predicted octanol–water partition coefficient (Wildman–Crippen LogP) is 4.52. The first-order chi connectivity index (χ1) is 13.9. The molecule has 0 saturated carbocycles. The van der Waals surface area contributed by atoms with Gasteiger partial charge in [-0.1, -0.05) is 6.07 Å². The van der Waals surface area contributed by atoms with Crippen molar-refractivity contribution in [3.63, 3.8) is 0 Å². The average Bonchev–Trinajstić information content (AvgIpc) is 2.97. The van der Waals surface area contributed by atoms with Crippen molar-refractivity contribution in [1.29, 1.82) is 0 Å². The molecule has 152 valence electrons. The lowest BCUT2D eigenvalue weighted by Crippen LogP contribution is -1.97. The molecule has 2 aromatic carbocycles. The van der Waals surface area contributed by atoms with E-state index in [1.54, 1.807) is 28.4 Å². The molecule has 0 saturated heterocycles. The molecule has 0 amide bonds. The molecule has 0 atom stereocenters. The molecule has 0 fully saturated rings. The number of carbonyl (C=O) groups is 1. The van der Waals surface area contributed by atoms with E-state index in [0.717, 1.165) is 33.4 Å². The third kappa shape index (κ3) is 3.78. The van der Waals surface area contributed by atoms with Crippen LogP contribution in [0.25, 0.3) is 17.2 Å². The van der Waals surface area contributed by atoms with Crippen molar-refractivity contribution >= 4 is 23.2 Å². The van der Waals surface area contributed by atoms with Gasteiger partial charge >= 0.3 is 5.97 Å². The summed E-state index contributed by atoms with van der Waals surface area (Å²) in [6.07, 6.45) is 1.94. The summed E-state index contributed by atoms with van der Waals surface area (Å²) in [4.78, 5) is 11.4. The maximum Gasteiger partial charge on any atom is 0.307 e. The zero-order valence-electron chi connectivity index (χ0n) is 17.2. The lowest BCUT2D eigenvalue weighted by atomic mass is 10.00. The molecule has 1 aliphatic carbocycles. The summed E-state index contributed by atoms with van der Waals surface area (Å²) >= 11 is 0. The summed E-state index contributed by atoms with van der Waals surface area (Å²) in [6.45, 7) is 1.94. The van der Waals surface area contributed by atoms with E-state index in [2.05, 4.69) is 0 Å². The van der Waals surface area contributed by atoms with Crippen LogP contribution < -0.4 is 18.9 Å². The van der Waals surface area contributed by atoms with Crippen LogP contribution in [0.1, 0.15) is 30.0 Å². The van der Waals surface area contributed by atoms with E-state index in [9.17, 15) is 9.90 Å². The van der Waals surface area contributed by atoms with Crippen LogP contribution in [-0.4, -0.2) is 39.5 Å². The van der Waals surface area contributed by atoms with Gasteiger partial charge in [0.05, 0.1) is 34.9 Å². The van der Waals surface area contributed by atoms with Crippen molar-refractivity contribution < 1.29 is 28.8 Å². The van der Waals surface area contributed by atoms with Gasteiger partial charge < -0.3 is 24.1 Å². The van der Waals surface area contributed by atoms with E-state index >= 15 is 0 Å². The summed E-state index contributed by atoms with van der Waals surface area (Å²) in [7, 11) is 6.30. The number of carboxylic acid groups (broad SMARTS) is 1. The number of allylic oxidation sites excluding steroid dienone is 2. The number of aliphatic carboxylic acids is 1. The highest BCUT2D eigenvalue weighted by molar-refractivity contribution is 6.07. The highest BCUT2D eigenvalue weighted by Gasteiger charge is 2.26. The number of hydrogen-bond acceptors (Lipinski definition) is 5. The van der Waals surface area contributed by atoms with Gasteiger partial charge in [0.25, 0.3) is 0 Å². The summed E-state index contributed by atoms with van der Waals surface area (Å²) in [5.41, 5.74) is 5.35. The fraction of sp³-hybridized carbons (Fsp3) is 0.261. The van der Waals surface area contributed by atoms with Gasteiger partial charge in [0, 0.05) is 0 Å². The summed E-state index contributed by atoms with van der Waals surface area (Å²) in [5, 5.41) is 9.38. The van der Waals surface area contributed by atoms with Gasteiger partial charge in [0.2, 0.25) is 5.75 Å². The molecule has 1 aliphatic rings. The Hall–Kier alpha value is -3.41. The Kier molecular flexibility index (Phi) is 5.82. The van der Waals surface area contributed by atoms with Gasteiger partial charge in [-0.15, -0.1) is 0 Å². The highest BCUT2D eigenvalue weighted by atomic mass is 16.5. The predicted molar refractivity (Wildman–Crippen MR) is 112 cm³/mol. The van der Waals surface area contributed by atoms with Crippen molar-refractivity contribution in [2.45, 2.75) is 13.3 Å². The fourth-order valence-corrected chi connectivity index (χ4v) is 3.62. The molecule has 0 aromatic heterocycles. The smallest absolute Gasteiger partial charge is 0.307 e. The first-order valence-corrected chi connectivity index (χ1v) is 9.05. The van der Waals surface area contributed by atoms with Gasteiger partial charge in [-0.2, -0.15) is 0 Å². The Labute approximate surface area is 170 Å².